The zero-order valence-corrected chi connectivity index (χ0v) is 14.2. The molecule has 0 radical (unpaired) electrons. The lowest BCUT2D eigenvalue weighted by molar-refractivity contribution is -0.137. The molecule has 0 aliphatic carbocycles. The van der Waals surface area contributed by atoms with Crippen molar-refractivity contribution in [3.05, 3.63) is 0 Å². The number of likely N-dealkylation sites (tertiary alicyclic amines) is 1. The molecule has 2 unspecified atom stereocenters. The first-order valence-electron chi connectivity index (χ1n) is 7.98. The molecule has 0 aromatic rings. The van der Waals surface area contributed by atoms with Crippen molar-refractivity contribution >= 4 is 15.7 Å². The largest absolute Gasteiger partial charge is 0.335 e. The lowest BCUT2D eigenvalue weighted by Crippen LogP contribution is -2.55. The number of amides is 1. The first kappa shape index (κ1) is 16.7. The van der Waals surface area contributed by atoms with Crippen LogP contribution in [0.15, 0.2) is 0 Å². The summed E-state index contributed by atoms with van der Waals surface area (Å²) in [6.45, 7) is 4.46. The summed E-state index contributed by atoms with van der Waals surface area (Å²) in [5.74, 6) is 0.330. The second-order valence-electron chi connectivity index (χ2n) is 6.98. The molecule has 2 aliphatic rings. The molecular weight excluding hydrogens is 288 g/mol. The van der Waals surface area contributed by atoms with Crippen molar-refractivity contribution in [2.45, 2.75) is 69.2 Å². The van der Waals surface area contributed by atoms with Crippen LogP contribution in [0.2, 0.25) is 0 Å². The number of nitrogens with one attached hydrogen (secondary N) is 1. The van der Waals surface area contributed by atoms with Gasteiger partial charge < -0.3 is 10.2 Å². The van der Waals surface area contributed by atoms with Crippen LogP contribution in [0.5, 0.6) is 0 Å². The minimum atomic E-state index is -3.05. The van der Waals surface area contributed by atoms with E-state index < -0.39 is 9.84 Å². The molecule has 6 heteroatoms. The van der Waals surface area contributed by atoms with E-state index in [1.807, 2.05) is 4.90 Å². The zero-order valence-electron chi connectivity index (χ0n) is 13.4. The van der Waals surface area contributed by atoms with Gasteiger partial charge in [0.2, 0.25) is 5.91 Å². The van der Waals surface area contributed by atoms with Gasteiger partial charge in [0, 0.05) is 12.1 Å². The van der Waals surface area contributed by atoms with Crippen LogP contribution in [0, 0.1) is 0 Å². The molecule has 0 saturated carbocycles. The van der Waals surface area contributed by atoms with Gasteiger partial charge >= 0.3 is 0 Å². The summed E-state index contributed by atoms with van der Waals surface area (Å²) in [4.78, 5) is 14.6. The number of rotatable bonds is 3. The minimum Gasteiger partial charge on any atom is -0.335 e. The van der Waals surface area contributed by atoms with Crippen LogP contribution in [0.1, 0.15) is 52.4 Å². The van der Waals surface area contributed by atoms with Gasteiger partial charge in [-0.25, -0.2) is 8.42 Å². The van der Waals surface area contributed by atoms with E-state index in [0.29, 0.717) is 13.0 Å². The lowest BCUT2D eigenvalue weighted by Gasteiger charge is -2.40. The molecule has 2 atom stereocenters. The Balaban J connectivity index is 2.22. The molecular formula is C15H28N2O3S. The molecule has 2 rings (SSSR count). The van der Waals surface area contributed by atoms with Gasteiger partial charge in [0.15, 0.2) is 9.84 Å². The molecule has 0 bridgehead atoms. The molecule has 21 heavy (non-hydrogen) atoms. The van der Waals surface area contributed by atoms with Crippen molar-refractivity contribution < 1.29 is 13.2 Å². The smallest absolute Gasteiger partial charge is 0.240 e. The Labute approximate surface area is 128 Å². The molecule has 0 aromatic carbocycles. The topological polar surface area (TPSA) is 66.5 Å². The number of hydrogen-bond donors (Lipinski definition) is 1. The van der Waals surface area contributed by atoms with Gasteiger partial charge in [-0.05, 0) is 53.0 Å². The predicted octanol–water partition coefficient (Wildman–Crippen LogP) is 1.33. The Bertz CT molecular complexity index is 487. The Kier molecular flexibility index (Phi) is 4.98. The fraction of sp³-hybridized carbons (Fsp3) is 0.933. The SMILES string of the molecule is CNC1CCCC(C)(C)N(CC2CCCCS2(=O)=O)C1=O. The number of nitrogens with zero attached hydrogens (tertiary/aromatic N) is 1. The van der Waals surface area contributed by atoms with Crippen molar-refractivity contribution in [1.29, 1.82) is 0 Å². The van der Waals surface area contributed by atoms with Crippen LogP contribution in [-0.4, -0.2) is 55.4 Å². The van der Waals surface area contributed by atoms with Gasteiger partial charge in [-0.2, -0.15) is 0 Å². The first-order valence-corrected chi connectivity index (χ1v) is 9.70. The summed E-state index contributed by atoms with van der Waals surface area (Å²) in [5.41, 5.74) is -0.268. The molecule has 122 valence electrons. The highest BCUT2D eigenvalue weighted by atomic mass is 32.2. The second-order valence-corrected chi connectivity index (χ2v) is 9.38. The van der Waals surface area contributed by atoms with Crippen molar-refractivity contribution in [3.63, 3.8) is 0 Å². The van der Waals surface area contributed by atoms with Gasteiger partial charge in [-0.3, -0.25) is 4.79 Å². The standard InChI is InChI=1S/C15H28N2O3S/c1-15(2)9-6-8-13(16-3)14(18)17(15)11-12-7-4-5-10-21(12,19)20/h12-13,16H,4-11H2,1-3H3. The van der Waals surface area contributed by atoms with Crippen LogP contribution < -0.4 is 5.32 Å². The summed E-state index contributed by atoms with van der Waals surface area (Å²) < 4.78 is 24.5. The monoisotopic (exact) mass is 316 g/mol. The summed E-state index contributed by atoms with van der Waals surface area (Å²) in [6.07, 6.45) is 5.12. The Morgan fingerprint density at radius 3 is 2.57 bits per heavy atom. The van der Waals surface area contributed by atoms with E-state index in [1.54, 1.807) is 7.05 Å². The van der Waals surface area contributed by atoms with Crippen LogP contribution in [-0.2, 0) is 14.6 Å². The second kappa shape index (κ2) is 6.24. The van der Waals surface area contributed by atoms with Gasteiger partial charge in [-0.1, -0.05) is 6.42 Å². The number of sulfone groups is 1. The highest BCUT2D eigenvalue weighted by Gasteiger charge is 2.41. The van der Waals surface area contributed by atoms with Crippen molar-refractivity contribution in [1.82, 2.24) is 10.2 Å². The molecule has 0 aromatic heterocycles. The zero-order chi connectivity index (χ0) is 15.7. The average molecular weight is 316 g/mol. The van der Waals surface area contributed by atoms with E-state index >= 15 is 0 Å². The third-order valence-corrected chi connectivity index (χ3v) is 7.28. The van der Waals surface area contributed by atoms with E-state index in [2.05, 4.69) is 19.2 Å². The van der Waals surface area contributed by atoms with Crippen molar-refractivity contribution in [3.8, 4) is 0 Å². The fourth-order valence-corrected chi connectivity index (χ4v) is 5.36. The minimum absolute atomic E-state index is 0.0563. The van der Waals surface area contributed by atoms with Crippen LogP contribution in [0.25, 0.3) is 0 Å². The van der Waals surface area contributed by atoms with Crippen LogP contribution in [0.3, 0.4) is 0 Å². The van der Waals surface area contributed by atoms with E-state index in [4.69, 9.17) is 0 Å². The van der Waals surface area contributed by atoms with Crippen molar-refractivity contribution in [2.75, 3.05) is 19.3 Å². The molecule has 0 spiro atoms. The third kappa shape index (κ3) is 3.59. The first-order chi connectivity index (χ1) is 9.78. The van der Waals surface area contributed by atoms with Gasteiger partial charge in [-0.15, -0.1) is 0 Å². The molecule has 5 nitrogen and oxygen atoms in total. The normalized spacial score (nSPS) is 32.7. The summed E-state index contributed by atoms with van der Waals surface area (Å²) in [7, 11) is -1.24. The maximum atomic E-state index is 12.7. The Morgan fingerprint density at radius 1 is 1.24 bits per heavy atom. The predicted molar refractivity (Wildman–Crippen MR) is 83.9 cm³/mol. The van der Waals surface area contributed by atoms with Gasteiger partial charge in [0.25, 0.3) is 0 Å². The summed E-state index contributed by atoms with van der Waals surface area (Å²) in [6, 6.07) is -0.182. The van der Waals surface area contributed by atoms with E-state index in [-0.39, 0.29) is 28.5 Å². The van der Waals surface area contributed by atoms with Crippen molar-refractivity contribution in [2.24, 2.45) is 0 Å². The molecule has 2 fully saturated rings. The lowest BCUT2D eigenvalue weighted by atomic mass is 9.96. The number of carbonyl (C=O) groups is 1. The maximum absolute atomic E-state index is 12.7. The van der Waals surface area contributed by atoms with Gasteiger partial charge in [0.1, 0.15) is 0 Å². The maximum Gasteiger partial charge on any atom is 0.240 e. The number of carbonyl (C=O) groups excluding carboxylic acids is 1. The molecule has 2 aliphatic heterocycles. The summed E-state index contributed by atoms with van der Waals surface area (Å²) >= 11 is 0. The van der Waals surface area contributed by atoms with Gasteiger partial charge in [0.05, 0.1) is 17.0 Å². The summed E-state index contributed by atoms with van der Waals surface area (Å²) in [5, 5.41) is 2.69. The van der Waals surface area contributed by atoms with Crippen LogP contribution in [0.4, 0.5) is 0 Å². The molecule has 2 saturated heterocycles. The highest BCUT2D eigenvalue weighted by molar-refractivity contribution is 7.92. The molecule has 2 heterocycles. The third-order valence-electron chi connectivity index (χ3n) is 5.02. The Morgan fingerprint density at radius 2 is 1.95 bits per heavy atom. The highest BCUT2D eigenvalue weighted by Crippen LogP contribution is 2.30. The van der Waals surface area contributed by atoms with E-state index in [9.17, 15) is 13.2 Å². The Hall–Kier alpha value is -0.620. The van der Waals surface area contributed by atoms with E-state index in [0.717, 1.165) is 32.1 Å². The fourth-order valence-electron chi connectivity index (χ4n) is 3.52. The van der Waals surface area contributed by atoms with E-state index in [1.165, 1.54) is 0 Å². The van der Waals surface area contributed by atoms with Crippen LogP contribution >= 0.6 is 0 Å². The molecule has 1 amide bonds. The number of likely N-dealkylation sites (N-methyl/N-ethyl adjacent to an activating group) is 1. The number of hydrogen-bond acceptors (Lipinski definition) is 4. The average Bonchev–Trinajstić information content (AvgIpc) is 2.50. The quantitative estimate of drug-likeness (QED) is 0.853. The molecule has 1 N–H and O–H groups in total.